The van der Waals surface area contributed by atoms with Gasteiger partial charge in [-0.3, -0.25) is 4.79 Å². The Morgan fingerprint density at radius 2 is 1.94 bits per heavy atom. The van der Waals surface area contributed by atoms with Crippen LogP contribution in [0.25, 0.3) is 0 Å². The minimum atomic E-state index is -4.54. The Morgan fingerprint density at radius 3 is 2.41 bits per heavy atom. The Balaban J connectivity index is 2.86. The molecule has 0 aliphatic heterocycles. The van der Waals surface area contributed by atoms with Gasteiger partial charge in [0.1, 0.15) is 6.42 Å². The number of hydrogen-bond donors (Lipinski definition) is 2. The molecule has 1 amide bonds. The molecule has 0 heterocycles. The molecule has 0 aromatic heterocycles. The number of benzene rings is 1. The lowest BCUT2D eigenvalue weighted by Crippen LogP contribution is -2.21. The molecule has 1 rings (SSSR count). The van der Waals surface area contributed by atoms with Crippen molar-refractivity contribution in [2.24, 2.45) is 0 Å². The lowest BCUT2D eigenvalue weighted by Gasteiger charge is -2.12. The molecule has 17 heavy (non-hydrogen) atoms. The van der Waals surface area contributed by atoms with E-state index in [9.17, 15) is 18.0 Å². The lowest BCUT2D eigenvalue weighted by atomic mass is 10.2. The molecule has 0 aliphatic rings. The highest BCUT2D eigenvalue weighted by atomic mass is 79.9. The number of alkyl halides is 3. The second kappa shape index (κ2) is 5.26. The molecule has 3 nitrogen and oxygen atoms in total. The van der Waals surface area contributed by atoms with Crippen LogP contribution in [0.15, 0.2) is 21.1 Å². The normalized spacial score (nSPS) is 11.4. The third-order valence-electron chi connectivity index (χ3n) is 1.71. The standard InChI is InChI=1S/C9H7Br2F3N2O/c10-4-1-5(11)8(6(15)2-4)16-7(17)3-9(12,13)14/h1-2H,3,15H2,(H,16,17). The van der Waals surface area contributed by atoms with Gasteiger partial charge in [0.15, 0.2) is 0 Å². The average molecular weight is 376 g/mol. The number of nitrogens with two attached hydrogens (primary N) is 1. The monoisotopic (exact) mass is 374 g/mol. The van der Waals surface area contributed by atoms with E-state index < -0.39 is 18.5 Å². The smallest absolute Gasteiger partial charge is 0.397 e. The van der Waals surface area contributed by atoms with Crippen molar-refractivity contribution in [3.63, 3.8) is 0 Å². The van der Waals surface area contributed by atoms with Crippen molar-refractivity contribution in [3.8, 4) is 0 Å². The van der Waals surface area contributed by atoms with Crippen LogP contribution >= 0.6 is 31.9 Å². The van der Waals surface area contributed by atoms with Crippen LogP contribution in [0.1, 0.15) is 6.42 Å². The summed E-state index contributed by atoms with van der Waals surface area (Å²) in [5.74, 6) is -1.16. The third-order valence-corrected chi connectivity index (χ3v) is 2.79. The Kier molecular flexibility index (Phi) is 4.42. The summed E-state index contributed by atoms with van der Waals surface area (Å²) in [6.07, 6.45) is -6.09. The van der Waals surface area contributed by atoms with Crippen molar-refractivity contribution in [1.82, 2.24) is 0 Å². The van der Waals surface area contributed by atoms with Crippen LogP contribution in [-0.2, 0) is 4.79 Å². The quantitative estimate of drug-likeness (QED) is 0.774. The van der Waals surface area contributed by atoms with Gasteiger partial charge in [-0.25, -0.2) is 0 Å². The molecule has 1 aromatic carbocycles. The summed E-state index contributed by atoms with van der Waals surface area (Å²) < 4.78 is 36.9. The van der Waals surface area contributed by atoms with Gasteiger partial charge in [-0.1, -0.05) is 15.9 Å². The van der Waals surface area contributed by atoms with E-state index in [1.54, 1.807) is 6.07 Å². The second-order valence-corrected chi connectivity index (χ2v) is 4.96. The molecule has 0 aliphatic carbocycles. The molecule has 0 radical (unpaired) electrons. The molecular formula is C9H7Br2F3N2O. The fourth-order valence-electron chi connectivity index (χ4n) is 1.09. The van der Waals surface area contributed by atoms with E-state index in [0.29, 0.717) is 8.95 Å². The number of anilines is 2. The maximum absolute atomic E-state index is 12.0. The van der Waals surface area contributed by atoms with Crippen LogP contribution in [-0.4, -0.2) is 12.1 Å². The van der Waals surface area contributed by atoms with E-state index >= 15 is 0 Å². The number of nitrogen functional groups attached to an aromatic ring is 1. The summed E-state index contributed by atoms with van der Waals surface area (Å²) in [7, 11) is 0. The molecule has 0 fully saturated rings. The minimum Gasteiger partial charge on any atom is -0.397 e. The molecule has 8 heteroatoms. The van der Waals surface area contributed by atoms with Gasteiger partial charge in [0, 0.05) is 8.95 Å². The maximum atomic E-state index is 12.0. The Morgan fingerprint density at radius 1 is 1.35 bits per heavy atom. The fraction of sp³-hybridized carbons (Fsp3) is 0.222. The summed E-state index contributed by atoms with van der Waals surface area (Å²) in [4.78, 5) is 11.1. The van der Waals surface area contributed by atoms with Gasteiger partial charge in [-0.05, 0) is 28.1 Å². The average Bonchev–Trinajstić information content (AvgIpc) is 2.08. The lowest BCUT2D eigenvalue weighted by molar-refractivity contribution is -0.150. The van der Waals surface area contributed by atoms with E-state index in [2.05, 4.69) is 37.2 Å². The first-order valence-electron chi connectivity index (χ1n) is 4.30. The second-order valence-electron chi connectivity index (χ2n) is 3.19. The highest BCUT2D eigenvalue weighted by Crippen LogP contribution is 2.33. The molecule has 0 spiro atoms. The van der Waals surface area contributed by atoms with Crippen LogP contribution < -0.4 is 11.1 Å². The number of rotatable bonds is 2. The summed E-state index contributed by atoms with van der Waals surface area (Å²) in [6, 6.07) is 3.05. The van der Waals surface area contributed by atoms with Crippen LogP contribution in [0, 0.1) is 0 Å². The number of carbonyl (C=O) groups excluding carboxylic acids is 1. The predicted octanol–water partition coefficient (Wildman–Crippen LogP) is 3.68. The van der Waals surface area contributed by atoms with Gasteiger partial charge in [-0.2, -0.15) is 13.2 Å². The highest BCUT2D eigenvalue weighted by molar-refractivity contribution is 9.11. The van der Waals surface area contributed by atoms with Crippen LogP contribution in [0.5, 0.6) is 0 Å². The van der Waals surface area contributed by atoms with Crippen LogP contribution in [0.2, 0.25) is 0 Å². The van der Waals surface area contributed by atoms with Gasteiger partial charge in [0.25, 0.3) is 0 Å². The SMILES string of the molecule is Nc1cc(Br)cc(Br)c1NC(=O)CC(F)(F)F. The molecular weight excluding hydrogens is 369 g/mol. The van der Waals surface area contributed by atoms with Crippen LogP contribution in [0.3, 0.4) is 0 Å². The number of amides is 1. The van der Waals surface area contributed by atoms with Crippen molar-refractivity contribution in [2.75, 3.05) is 11.1 Å². The van der Waals surface area contributed by atoms with Gasteiger partial charge >= 0.3 is 6.18 Å². The molecule has 0 bridgehead atoms. The topological polar surface area (TPSA) is 55.1 Å². The molecule has 94 valence electrons. The van der Waals surface area contributed by atoms with E-state index in [0.717, 1.165) is 0 Å². The first-order valence-corrected chi connectivity index (χ1v) is 5.89. The molecule has 0 saturated carbocycles. The largest absolute Gasteiger partial charge is 0.397 e. The Bertz CT molecular complexity index is 425. The van der Waals surface area contributed by atoms with Gasteiger partial charge < -0.3 is 11.1 Å². The zero-order valence-electron chi connectivity index (χ0n) is 8.24. The molecule has 0 atom stereocenters. The number of carbonyl (C=O) groups is 1. The van der Waals surface area contributed by atoms with Gasteiger partial charge in [-0.15, -0.1) is 0 Å². The van der Waals surface area contributed by atoms with Crippen molar-refractivity contribution < 1.29 is 18.0 Å². The minimum absolute atomic E-state index is 0.127. The first-order chi connectivity index (χ1) is 7.69. The third kappa shape index (κ3) is 4.55. The molecule has 0 unspecified atom stereocenters. The first kappa shape index (κ1) is 14.3. The number of halogens is 5. The van der Waals surface area contributed by atoms with Gasteiger partial charge in [0.2, 0.25) is 5.91 Å². The van der Waals surface area contributed by atoms with Crippen LogP contribution in [0.4, 0.5) is 24.5 Å². The summed E-state index contributed by atoms with van der Waals surface area (Å²) in [5.41, 5.74) is 5.87. The predicted molar refractivity (Wildman–Crippen MR) is 65.6 cm³/mol. The fourth-order valence-corrected chi connectivity index (χ4v) is 2.45. The Hall–Kier alpha value is -0.760. The van der Waals surface area contributed by atoms with E-state index in [1.807, 2.05) is 0 Å². The summed E-state index contributed by atoms with van der Waals surface area (Å²) in [6.45, 7) is 0. The zero-order valence-corrected chi connectivity index (χ0v) is 11.4. The Labute approximate surface area is 112 Å². The summed E-state index contributed by atoms with van der Waals surface area (Å²) in [5, 5.41) is 2.11. The van der Waals surface area contributed by atoms with Crippen molar-refractivity contribution >= 4 is 49.1 Å². The maximum Gasteiger partial charge on any atom is 0.397 e. The van der Waals surface area contributed by atoms with E-state index in [1.165, 1.54) is 6.07 Å². The number of nitrogens with one attached hydrogen (secondary N) is 1. The molecule has 1 aromatic rings. The summed E-state index contributed by atoms with van der Waals surface area (Å²) >= 11 is 6.26. The van der Waals surface area contributed by atoms with Crippen molar-refractivity contribution in [1.29, 1.82) is 0 Å². The van der Waals surface area contributed by atoms with E-state index in [4.69, 9.17) is 5.73 Å². The zero-order chi connectivity index (χ0) is 13.2. The van der Waals surface area contributed by atoms with Crippen molar-refractivity contribution in [3.05, 3.63) is 21.1 Å². The molecule has 3 N–H and O–H groups in total. The highest BCUT2D eigenvalue weighted by Gasteiger charge is 2.31. The van der Waals surface area contributed by atoms with Crippen molar-refractivity contribution in [2.45, 2.75) is 12.6 Å². The molecule has 0 saturated heterocycles. The number of hydrogen-bond acceptors (Lipinski definition) is 2. The van der Waals surface area contributed by atoms with Gasteiger partial charge in [0.05, 0.1) is 11.4 Å². The van der Waals surface area contributed by atoms with E-state index in [-0.39, 0.29) is 11.4 Å².